The Kier molecular flexibility index (Phi) is 5.74. The van der Waals surface area contributed by atoms with E-state index in [1.165, 1.54) is 0 Å². The average molecular weight is 348 g/mol. The van der Waals surface area contributed by atoms with Gasteiger partial charge in [0.15, 0.2) is 0 Å². The normalized spacial score (nSPS) is 18.0. The molecule has 0 unspecified atom stereocenters. The standard InChI is InChI=1S/C17H25BN2O5/c1-16(2)17(3,4)25-18(24-16)13-7-5-6-12(10-13)8-9-19-14(21)11-20-15(22)23/h5-7,10,20H,8-9,11H2,1-4H3,(H,19,21)(H,22,23). The van der Waals surface area contributed by atoms with E-state index in [4.69, 9.17) is 14.4 Å². The Bertz CT molecular complexity index is 632. The van der Waals surface area contributed by atoms with Gasteiger partial charge in [-0.25, -0.2) is 4.79 Å². The van der Waals surface area contributed by atoms with Crippen molar-refractivity contribution in [2.24, 2.45) is 0 Å². The quantitative estimate of drug-likeness (QED) is 0.664. The molecule has 1 aromatic carbocycles. The van der Waals surface area contributed by atoms with Crippen molar-refractivity contribution in [2.75, 3.05) is 13.1 Å². The molecule has 0 saturated carbocycles. The maximum atomic E-state index is 11.5. The van der Waals surface area contributed by atoms with Crippen LogP contribution in [0.2, 0.25) is 0 Å². The number of hydrogen-bond acceptors (Lipinski definition) is 4. The number of carbonyl (C=O) groups excluding carboxylic acids is 1. The first kappa shape index (κ1) is 19.3. The van der Waals surface area contributed by atoms with Gasteiger partial charge in [-0.1, -0.05) is 24.3 Å². The van der Waals surface area contributed by atoms with Crippen LogP contribution in [0, 0.1) is 0 Å². The van der Waals surface area contributed by atoms with Gasteiger partial charge in [0.05, 0.1) is 17.7 Å². The van der Waals surface area contributed by atoms with Gasteiger partial charge in [-0.15, -0.1) is 0 Å². The van der Waals surface area contributed by atoms with Crippen molar-refractivity contribution in [3.05, 3.63) is 29.8 Å². The summed E-state index contributed by atoms with van der Waals surface area (Å²) < 4.78 is 12.1. The maximum Gasteiger partial charge on any atom is 0.494 e. The van der Waals surface area contributed by atoms with Crippen molar-refractivity contribution in [3.8, 4) is 0 Å². The highest BCUT2D eigenvalue weighted by molar-refractivity contribution is 6.62. The summed E-state index contributed by atoms with van der Waals surface area (Å²) in [6, 6.07) is 7.87. The van der Waals surface area contributed by atoms with Gasteiger partial charge in [-0.2, -0.15) is 0 Å². The highest BCUT2D eigenvalue weighted by atomic mass is 16.7. The molecule has 1 heterocycles. The summed E-state index contributed by atoms with van der Waals surface area (Å²) in [5.74, 6) is -0.357. The number of carboxylic acid groups (broad SMARTS) is 1. The third-order valence-corrected chi connectivity index (χ3v) is 4.61. The van der Waals surface area contributed by atoms with Crippen LogP contribution in [-0.4, -0.2) is 48.5 Å². The molecule has 0 spiro atoms. The smallest absolute Gasteiger partial charge is 0.465 e. The molecule has 3 N–H and O–H groups in total. The van der Waals surface area contributed by atoms with Gasteiger partial charge in [0.2, 0.25) is 5.91 Å². The molecule has 1 aliphatic rings. The predicted octanol–water partition coefficient (Wildman–Crippen LogP) is 0.912. The van der Waals surface area contributed by atoms with E-state index < -0.39 is 24.4 Å². The van der Waals surface area contributed by atoms with Crippen LogP contribution in [0.5, 0.6) is 0 Å². The molecule has 7 nitrogen and oxygen atoms in total. The number of carbonyl (C=O) groups is 2. The Balaban J connectivity index is 1.90. The van der Waals surface area contributed by atoms with E-state index in [1.54, 1.807) is 0 Å². The molecule has 8 heteroatoms. The predicted molar refractivity (Wildman–Crippen MR) is 94.9 cm³/mol. The molecule has 0 aliphatic carbocycles. The first-order valence-corrected chi connectivity index (χ1v) is 8.29. The monoisotopic (exact) mass is 348 g/mol. The van der Waals surface area contributed by atoms with Crippen LogP contribution in [0.15, 0.2) is 24.3 Å². The molecular formula is C17H25BN2O5. The third-order valence-electron chi connectivity index (χ3n) is 4.61. The molecule has 0 radical (unpaired) electrons. The molecule has 0 bridgehead atoms. The molecule has 2 amide bonds. The van der Waals surface area contributed by atoms with Crippen LogP contribution >= 0.6 is 0 Å². The lowest BCUT2D eigenvalue weighted by Crippen LogP contribution is -2.41. The molecule has 136 valence electrons. The molecule has 0 atom stereocenters. The van der Waals surface area contributed by atoms with Crippen molar-refractivity contribution in [1.82, 2.24) is 10.6 Å². The van der Waals surface area contributed by atoms with E-state index in [-0.39, 0.29) is 12.5 Å². The molecule has 2 rings (SSSR count). The minimum Gasteiger partial charge on any atom is -0.465 e. The van der Waals surface area contributed by atoms with Crippen molar-refractivity contribution in [3.63, 3.8) is 0 Å². The molecule has 1 fully saturated rings. The number of rotatable bonds is 6. The Hall–Kier alpha value is -2.06. The Morgan fingerprint density at radius 1 is 1.12 bits per heavy atom. The Labute approximate surface area is 148 Å². The first-order chi connectivity index (χ1) is 11.6. The summed E-state index contributed by atoms with van der Waals surface area (Å²) in [6.07, 6.45) is -0.586. The molecule has 1 aromatic rings. The lowest BCUT2D eigenvalue weighted by molar-refractivity contribution is -0.120. The summed E-state index contributed by atoms with van der Waals surface area (Å²) in [7, 11) is -0.417. The van der Waals surface area contributed by atoms with Crippen molar-refractivity contribution >= 4 is 24.6 Å². The second-order valence-corrected chi connectivity index (χ2v) is 7.09. The van der Waals surface area contributed by atoms with Gasteiger partial charge < -0.3 is 25.0 Å². The number of hydrogen-bond donors (Lipinski definition) is 3. The van der Waals surface area contributed by atoms with Crippen molar-refractivity contribution in [2.45, 2.75) is 45.3 Å². The lowest BCUT2D eigenvalue weighted by atomic mass is 9.78. The van der Waals surface area contributed by atoms with Crippen LogP contribution in [0.1, 0.15) is 33.3 Å². The maximum absolute atomic E-state index is 11.5. The van der Waals surface area contributed by atoms with E-state index in [1.807, 2.05) is 57.3 Å². The van der Waals surface area contributed by atoms with E-state index in [2.05, 4.69) is 5.32 Å². The van der Waals surface area contributed by atoms with Crippen LogP contribution < -0.4 is 16.1 Å². The molecule has 1 saturated heterocycles. The number of amides is 2. The Morgan fingerprint density at radius 3 is 2.36 bits per heavy atom. The van der Waals surface area contributed by atoms with Gasteiger partial charge in [0.1, 0.15) is 0 Å². The summed E-state index contributed by atoms with van der Waals surface area (Å²) in [4.78, 5) is 21.8. The zero-order valence-electron chi connectivity index (χ0n) is 15.1. The van der Waals surface area contributed by atoms with E-state index in [0.717, 1.165) is 11.0 Å². The van der Waals surface area contributed by atoms with E-state index >= 15 is 0 Å². The van der Waals surface area contributed by atoms with Crippen LogP contribution in [0.25, 0.3) is 0 Å². The summed E-state index contributed by atoms with van der Waals surface area (Å²) in [6.45, 7) is 8.22. The first-order valence-electron chi connectivity index (χ1n) is 8.29. The third kappa shape index (κ3) is 4.96. The summed E-state index contributed by atoms with van der Waals surface area (Å²) in [5, 5.41) is 13.2. The summed E-state index contributed by atoms with van der Waals surface area (Å²) in [5.41, 5.74) is 1.20. The molecule has 1 aliphatic heterocycles. The van der Waals surface area contributed by atoms with Gasteiger partial charge in [-0.05, 0) is 45.1 Å². The van der Waals surface area contributed by atoms with Gasteiger partial charge in [0, 0.05) is 6.54 Å². The van der Waals surface area contributed by atoms with E-state index in [9.17, 15) is 9.59 Å². The summed E-state index contributed by atoms with van der Waals surface area (Å²) >= 11 is 0. The molecular weight excluding hydrogens is 323 g/mol. The second-order valence-electron chi connectivity index (χ2n) is 7.09. The molecule has 25 heavy (non-hydrogen) atoms. The minimum atomic E-state index is -1.22. The highest BCUT2D eigenvalue weighted by Gasteiger charge is 2.51. The molecule has 0 aromatic heterocycles. The Morgan fingerprint density at radius 2 is 1.76 bits per heavy atom. The highest BCUT2D eigenvalue weighted by Crippen LogP contribution is 2.36. The second kappa shape index (κ2) is 7.45. The fraction of sp³-hybridized carbons (Fsp3) is 0.529. The number of benzene rings is 1. The van der Waals surface area contributed by atoms with Crippen LogP contribution in [-0.2, 0) is 20.5 Å². The van der Waals surface area contributed by atoms with Crippen molar-refractivity contribution < 1.29 is 24.0 Å². The lowest BCUT2D eigenvalue weighted by Gasteiger charge is -2.32. The van der Waals surface area contributed by atoms with Gasteiger partial charge >= 0.3 is 13.2 Å². The van der Waals surface area contributed by atoms with Gasteiger partial charge in [-0.3, -0.25) is 4.79 Å². The average Bonchev–Trinajstić information content (AvgIpc) is 2.74. The SMILES string of the molecule is CC1(C)OB(c2cccc(CCNC(=O)CNC(=O)O)c2)OC1(C)C. The largest absolute Gasteiger partial charge is 0.494 e. The van der Waals surface area contributed by atoms with Crippen molar-refractivity contribution in [1.29, 1.82) is 0 Å². The topological polar surface area (TPSA) is 96.9 Å². The van der Waals surface area contributed by atoms with E-state index in [0.29, 0.717) is 13.0 Å². The zero-order valence-corrected chi connectivity index (χ0v) is 15.1. The fourth-order valence-corrected chi connectivity index (χ4v) is 2.44. The number of nitrogens with one attached hydrogen (secondary N) is 2. The zero-order chi connectivity index (χ0) is 18.7. The minimum absolute atomic E-state index is 0.247. The van der Waals surface area contributed by atoms with Gasteiger partial charge in [0.25, 0.3) is 0 Å². The van der Waals surface area contributed by atoms with Crippen LogP contribution in [0.3, 0.4) is 0 Å². The fourth-order valence-electron chi connectivity index (χ4n) is 2.44. The van der Waals surface area contributed by atoms with Crippen LogP contribution in [0.4, 0.5) is 4.79 Å².